The predicted molar refractivity (Wildman–Crippen MR) is 44.7 cm³/mol. The molecule has 1 aromatic heterocycles. The van der Waals surface area contributed by atoms with Crippen LogP contribution in [0.25, 0.3) is 0 Å². The standard InChI is InChI=1S/C8H10N2O3/c9-7(8(12)13)6-3-1-2-5(4-11)10-6/h1-3,7,11H,4,9H2,(H,12,13). The van der Waals surface area contributed by atoms with Gasteiger partial charge < -0.3 is 15.9 Å². The number of carbonyl (C=O) groups is 1. The Labute approximate surface area is 74.8 Å². The molecule has 1 heterocycles. The molecule has 0 bridgehead atoms. The van der Waals surface area contributed by atoms with Gasteiger partial charge in [0.15, 0.2) is 0 Å². The lowest BCUT2D eigenvalue weighted by Gasteiger charge is -2.06. The van der Waals surface area contributed by atoms with Crippen molar-refractivity contribution < 1.29 is 15.0 Å². The van der Waals surface area contributed by atoms with Crippen LogP contribution in [0.4, 0.5) is 0 Å². The van der Waals surface area contributed by atoms with E-state index in [0.29, 0.717) is 5.69 Å². The van der Waals surface area contributed by atoms with E-state index in [-0.39, 0.29) is 12.3 Å². The van der Waals surface area contributed by atoms with E-state index in [1.54, 1.807) is 12.1 Å². The normalized spacial score (nSPS) is 12.5. The van der Waals surface area contributed by atoms with Gasteiger partial charge in [-0.25, -0.2) is 0 Å². The topological polar surface area (TPSA) is 96.4 Å². The smallest absolute Gasteiger partial charge is 0.326 e. The second-order valence-electron chi connectivity index (χ2n) is 2.53. The number of aromatic nitrogens is 1. The summed E-state index contributed by atoms with van der Waals surface area (Å²) >= 11 is 0. The van der Waals surface area contributed by atoms with E-state index in [4.69, 9.17) is 15.9 Å². The van der Waals surface area contributed by atoms with Crippen LogP contribution in [0, 0.1) is 0 Å². The highest BCUT2D eigenvalue weighted by Crippen LogP contribution is 2.07. The highest BCUT2D eigenvalue weighted by molar-refractivity contribution is 5.74. The van der Waals surface area contributed by atoms with E-state index in [1.807, 2.05) is 0 Å². The summed E-state index contributed by atoms with van der Waals surface area (Å²) in [5.74, 6) is -1.14. The van der Waals surface area contributed by atoms with Gasteiger partial charge >= 0.3 is 5.97 Å². The van der Waals surface area contributed by atoms with E-state index in [0.717, 1.165) is 0 Å². The Morgan fingerprint density at radius 3 is 2.85 bits per heavy atom. The van der Waals surface area contributed by atoms with Crippen LogP contribution in [0.1, 0.15) is 17.4 Å². The summed E-state index contributed by atoms with van der Waals surface area (Å²) in [5, 5.41) is 17.3. The SMILES string of the molecule is NC(C(=O)O)c1cccc(CO)n1. The summed E-state index contributed by atoms with van der Waals surface area (Å²) in [6.45, 7) is -0.222. The Balaban J connectivity index is 2.94. The summed E-state index contributed by atoms with van der Waals surface area (Å²) in [7, 11) is 0. The van der Waals surface area contributed by atoms with Crippen LogP contribution in [0.15, 0.2) is 18.2 Å². The summed E-state index contributed by atoms with van der Waals surface area (Å²) in [6, 6.07) is 3.58. The first kappa shape index (κ1) is 9.63. The molecular weight excluding hydrogens is 172 g/mol. The summed E-state index contributed by atoms with van der Waals surface area (Å²) in [5.41, 5.74) is 5.98. The van der Waals surface area contributed by atoms with E-state index in [9.17, 15) is 4.79 Å². The fourth-order valence-electron chi connectivity index (χ4n) is 0.886. The Morgan fingerprint density at radius 1 is 1.62 bits per heavy atom. The molecule has 0 aliphatic heterocycles. The molecule has 0 amide bonds. The maximum Gasteiger partial charge on any atom is 0.326 e. The zero-order chi connectivity index (χ0) is 9.84. The molecule has 1 rings (SSSR count). The zero-order valence-electron chi connectivity index (χ0n) is 6.84. The van der Waals surface area contributed by atoms with Crippen LogP contribution in [0.3, 0.4) is 0 Å². The third-order valence-corrected chi connectivity index (χ3v) is 1.57. The van der Waals surface area contributed by atoms with Crippen molar-refractivity contribution in [2.24, 2.45) is 5.73 Å². The molecule has 0 spiro atoms. The Morgan fingerprint density at radius 2 is 2.31 bits per heavy atom. The molecule has 0 saturated carbocycles. The molecule has 0 saturated heterocycles. The van der Waals surface area contributed by atoms with Gasteiger partial charge in [0.25, 0.3) is 0 Å². The fraction of sp³-hybridized carbons (Fsp3) is 0.250. The van der Waals surface area contributed by atoms with Crippen molar-refractivity contribution in [1.82, 2.24) is 4.98 Å². The molecule has 0 aliphatic carbocycles. The predicted octanol–water partition coefficient (Wildman–Crippen LogP) is -0.342. The van der Waals surface area contributed by atoms with E-state index >= 15 is 0 Å². The largest absolute Gasteiger partial charge is 0.480 e. The van der Waals surface area contributed by atoms with Crippen molar-refractivity contribution >= 4 is 5.97 Å². The first-order valence-electron chi connectivity index (χ1n) is 3.70. The maximum absolute atomic E-state index is 10.5. The van der Waals surface area contributed by atoms with Gasteiger partial charge in [-0.1, -0.05) is 6.07 Å². The number of rotatable bonds is 3. The molecule has 5 heteroatoms. The molecule has 1 atom stereocenters. The zero-order valence-corrected chi connectivity index (χ0v) is 6.84. The molecule has 0 aliphatic rings. The number of aliphatic hydroxyl groups excluding tert-OH is 1. The third kappa shape index (κ3) is 2.24. The van der Waals surface area contributed by atoms with Crippen LogP contribution in [-0.4, -0.2) is 21.2 Å². The minimum absolute atomic E-state index is 0.222. The van der Waals surface area contributed by atoms with Gasteiger partial charge in [0, 0.05) is 0 Å². The second kappa shape index (κ2) is 3.97. The average Bonchev–Trinajstić information content (AvgIpc) is 2.16. The number of aliphatic carboxylic acids is 1. The van der Waals surface area contributed by atoms with Crippen molar-refractivity contribution in [2.75, 3.05) is 0 Å². The average molecular weight is 182 g/mol. The van der Waals surface area contributed by atoms with Gasteiger partial charge in [-0.3, -0.25) is 9.78 Å². The van der Waals surface area contributed by atoms with Gasteiger partial charge in [0.1, 0.15) is 6.04 Å². The molecule has 13 heavy (non-hydrogen) atoms. The number of hydrogen-bond donors (Lipinski definition) is 3. The quantitative estimate of drug-likeness (QED) is 0.594. The van der Waals surface area contributed by atoms with Crippen LogP contribution in [0.5, 0.6) is 0 Å². The van der Waals surface area contributed by atoms with Gasteiger partial charge in [0.05, 0.1) is 18.0 Å². The number of carboxylic acids is 1. The maximum atomic E-state index is 10.5. The van der Waals surface area contributed by atoms with Crippen LogP contribution < -0.4 is 5.73 Å². The van der Waals surface area contributed by atoms with Gasteiger partial charge in [0.2, 0.25) is 0 Å². The number of carboxylic acid groups (broad SMARTS) is 1. The van der Waals surface area contributed by atoms with Crippen molar-refractivity contribution in [3.63, 3.8) is 0 Å². The molecule has 70 valence electrons. The summed E-state index contributed by atoms with van der Waals surface area (Å²) in [4.78, 5) is 14.3. The number of nitrogens with two attached hydrogens (primary N) is 1. The minimum Gasteiger partial charge on any atom is -0.480 e. The number of nitrogens with zero attached hydrogens (tertiary/aromatic N) is 1. The fourth-order valence-corrected chi connectivity index (χ4v) is 0.886. The third-order valence-electron chi connectivity index (χ3n) is 1.57. The van der Waals surface area contributed by atoms with Gasteiger partial charge in [-0.05, 0) is 12.1 Å². The first-order valence-corrected chi connectivity index (χ1v) is 3.70. The molecule has 0 aromatic carbocycles. The van der Waals surface area contributed by atoms with Crippen molar-refractivity contribution in [3.8, 4) is 0 Å². The van der Waals surface area contributed by atoms with Crippen molar-refractivity contribution in [1.29, 1.82) is 0 Å². The van der Waals surface area contributed by atoms with Crippen LogP contribution in [-0.2, 0) is 11.4 Å². The minimum atomic E-state index is -1.14. The molecule has 4 N–H and O–H groups in total. The van der Waals surface area contributed by atoms with Crippen molar-refractivity contribution in [2.45, 2.75) is 12.6 Å². The highest BCUT2D eigenvalue weighted by atomic mass is 16.4. The Hall–Kier alpha value is -1.46. The molecule has 1 unspecified atom stereocenters. The van der Waals surface area contributed by atoms with E-state index in [2.05, 4.69) is 4.98 Å². The summed E-state index contributed by atoms with van der Waals surface area (Å²) in [6.07, 6.45) is 0. The van der Waals surface area contributed by atoms with Crippen molar-refractivity contribution in [3.05, 3.63) is 29.6 Å². The summed E-state index contributed by atoms with van der Waals surface area (Å²) < 4.78 is 0. The number of hydrogen-bond acceptors (Lipinski definition) is 4. The van der Waals surface area contributed by atoms with Gasteiger partial charge in [-0.2, -0.15) is 0 Å². The Kier molecular flexibility index (Phi) is 2.94. The monoisotopic (exact) mass is 182 g/mol. The number of aliphatic hydroxyl groups is 1. The lowest BCUT2D eigenvalue weighted by molar-refractivity contribution is -0.138. The van der Waals surface area contributed by atoms with Gasteiger partial charge in [-0.15, -0.1) is 0 Å². The highest BCUT2D eigenvalue weighted by Gasteiger charge is 2.15. The van der Waals surface area contributed by atoms with E-state index in [1.165, 1.54) is 6.07 Å². The molecule has 1 aromatic rings. The molecule has 5 nitrogen and oxygen atoms in total. The molecule has 0 radical (unpaired) electrons. The first-order chi connectivity index (χ1) is 6.15. The number of pyridine rings is 1. The van der Waals surface area contributed by atoms with E-state index < -0.39 is 12.0 Å². The molecule has 0 fully saturated rings. The lowest BCUT2D eigenvalue weighted by Crippen LogP contribution is -2.22. The van der Waals surface area contributed by atoms with Crippen LogP contribution >= 0.6 is 0 Å². The molecular formula is C8H10N2O3. The second-order valence-corrected chi connectivity index (χ2v) is 2.53. The van der Waals surface area contributed by atoms with Crippen LogP contribution in [0.2, 0.25) is 0 Å². The lowest BCUT2D eigenvalue weighted by atomic mass is 10.2. The Bertz CT molecular complexity index is 314.